The van der Waals surface area contributed by atoms with Gasteiger partial charge in [0, 0.05) is 12.1 Å². The quantitative estimate of drug-likeness (QED) is 0.925. The van der Waals surface area contributed by atoms with E-state index in [9.17, 15) is 4.79 Å². The Morgan fingerprint density at radius 1 is 1.29 bits per heavy atom. The van der Waals surface area contributed by atoms with E-state index in [1.54, 1.807) is 4.90 Å². The number of hydrogen-bond acceptors (Lipinski definition) is 5. The van der Waals surface area contributed by atoms with Gasteiger partial charge in [-0.3, -0.25) is 4.79 Å². The van der Waals surface area contributed by atoms with Crippen LogP contribution < -0.4 is 5.73 Å². The van der Waals surface area contributed by atoms with Crippen LogP contribution in [0.3, 0.4) is 0 Å². The van der Waals surface area contributed by atoms with Gasteiger partial charge in [-0.25, -0.2) is 0 Å². The summed E-state index contributed by atoms with van der Waals surface area (Å²) in [4.78, 5) is 18.2. The first-order chi connectivity index (χ1) is 10.2. The molecule has 0 saturated carbocycles. The molecule has 1 amide bonds. The molecule has 2 heterocycles. The Labute approximate surface area is 122 Å². The molecule has 0 aliphatic carbocycles. The average molecular weight is 286 g/mol. The highest BCUT2D eigenvalue weighted by Crippen LogP contribution is 2.17. The van der Waals surface area contributed by atoms with Crippen molar-refractivity contribution in [3.63, 3.8) is 0 Å². The predicted octanol–water partition coefficient (Wildman–Crippen LogP) is 1.58. The van der Waals surface area contributed by atoms with Crippen molar-refractivity contribution in [3.8, 4) is 11.4 Å². The van der Waals surface area contributed by atoms with E-state index >= 15 is 0 Å². The van der Waals surface area contributed by atoms with Crippen molar-refractivity contribution in [1.82, 2.24) is 15.0 Å². The molecule has 2 N–H and O–H groups in total. The minimum atomic E-state index is -0.413. The molecule has 2 aromatic rings. The zero-order valence-electron chi connectivity index (χ0n) is 11.7. The average Bonchev–Trinajstić information content (AvgIpc) is 2.92. The number of hydrogen-bond donors (Lipinski definition) is 1. The third-order valence-electron chi connectivity index (χ3n) is 3.65. The lowest BCUT2D eigenvalue weighted by atomic mass is 10.1. The van der Waals surface area contributed by atoms with Gasteiger partial charge in [0.25, 0.3) is 0 Å². The van der Waals surface area contributed by atoms with Gasteiger partial charge in [-0.05, 0) is 19.3 Å². The lowest BCUT2D eigenvalue weighted by molar-refractivity contribution is -0.133. The number of amides is 1. The first kappa shape index (κ1) is 13.8. The highest BCUT2D eigenvalue weighted by atomic mass is 16.5. The Hall–Kier alpha value is -2.21. The maximum atomic E-state index is 12.1. The minimum Gasteiger partial charge on any atom is -0.337 e. The van der Waals surface area contributed by atoms with Gasteiger partial charge in [-0.1, -0.05) is 35.5 Å². The third kappa shape index (κ3) is 3.11. The van der Waals surface area contributed by atoms with Crippen LogP contribution in [0, 0.1) is 0 Å². The number of likely N-dealkylation sites (tertiary alicyclic amines) is 1. The van der Waals surface area contributed by atoms with E-state index in [0.717, 1.165) is 24.8 Å². The van der Waals surface area contributed by atoms with Crippen LogP contribution in [0.15, 0.2) is 34.9 Å². The fourth-order valence-corrected chi connectivity index (χ4v) is 2.48. The molecule has 1 aromatic carbocycles. The Morgan fingerprint density at radius 3 is 2.90 bits per heavy atom. The molecule has 110 valence electrons. The molecule has 0 unspecified atom stereocenters. The summed E-state index contributed by atoms with van der Waals surface area (Å²) in [5.41, 5.74) is 6.76. The minimum absolute atomic E-state index is 0.0352. The van der Waals surface area contributed by atoms with Gasteiger partial charge in [0.1, 0.15) is 6.54 Å². The Balaban J connectivity index is 1.73. The van der Waals surface area contributed by atoms with Crippen LogP contribution in [-0.4, -0.2) is 33.5 Å². The van der Waals surface area contributed by atoms with E-state index in [4.69, 9.17) is 10.3 Å². The van der Waals surface area contributed by atoms with Gasteiger partial charge in [0.05, 0.1) is 6.04 Å². The maximum Gasteiger partial charge on any atom is 0.246 e. The van der Waals surface area contributed by atoms with E-state index in [-0.39, 0.29) is 5.91 Å². The van der Waals surface area contributed by atoms with Crippen LogP contribution in [0.1, 0.15) is 25.2 Å². The fraction of sp³-hybridized carbons (Fsp3) is 0.400. The molecule has 1 saturated heterocycles. The monoisotopic (exact) mass is 286 g/mol. The van der Waals surface area contributed by atoms with E-state index in [2.05, 4.69) is 10.1 Å². The first-order valence-corrected chi connectivity index (χ1v) is 7.16. The Morgan fingerprint density at radius 2 is 2.10 bits per heavy atom. The molecule has 6 nitrogen and oxygen atoms in total. The van der Waals surface area contributed by atoms with Crippen molar-refractivity contribution in [2.24, 2.45) is 5.73 Å². The summed E-state index contributed by atoms with van der Waals surface area (Å²) in [5, 5.41) is 3.96. The molecule has 0 radical (unpaired) electrons. The second kappa shape index (κ2) is 6.05. The molecule has 1 aliphatic rings. The number of aromatic nitrogens is 2. The summed E-state index contributed by atoms with van der Waals surface area (Å²) in [7, 11) is 0. The number of carbonyl (C=O) groups excluding carboxylic acids is 1. The SMILES string of the molecule is N[C@H]1CCCCN(Cc2nc(-c3ccccc3)no2)C1=O. The van der Waals surface area contributed by atoms with Gasteiger partial charge < -0.3 is 15.2 Å². The largest absolute Gasteiger partial charge is 0.337 e. The number of rotatable bonds is 3. The van der Waals surface area contributed by atoms with E-state index < -0.39 is 6.04 Å². The molecule has 3 rings (SSSR count). The summed E-state index contributed by atoms with van der Waals surface area (Å²) >= 11 is 0. The van der Waals surface area contributed by atoms with Crippen molar-refractivity contribution >= 4 is 5.91 Å². The zero-order valence-corrected chi connectivity index (χ0v) is 11.7. The summed E-state index contributed by atoms with van der Waals surface area (Å²) < 4.78 is 5.25. The van der Waals surface area contributed by atoms with Crippen LogP contribution in [0.4, 0.5) is 0 Å². The van der Waals surface area contributed by atoms with Crippen LogP contribution in [-0.2, 0) is 11.3 Å². The second-order valence-corrected chi connectivity index (χ2v) is 5.24. The Bertz CT molecular complexity index is 611. The zero-order chi connectivity index (χ0) is 14.7. The number of benzene rings is 1. The van der Waals surface area contributed by atoms with Gasteiger partial charge in [-0.2, -0.15) is 4.98 Å². The second-order valence-electron chi connectivity index (χ2n) is 5.24. The van der Waals surface area contributed by atoms with Crippen LogP contribution in [0.25, 0.3) is 11.4 Å². The molecule has 0 bridgehead atoms. The van der Waals surface area contributed by atoms with Crippen LogP contribution >= 0.6 is 0 Å². The van der Waals surface area contributed by atoms with Crippen molar-refractivity contribution < 1.29 is 9.32 Å². The molecule has 1 aliphatic heterocycles. The van der Waals surface area contributed by atoms with Crippen LogP contribution in [0.2, 0.25) is 0 Å². The third-order valence-corrected chi connectivity index (χ3v) is 3.65. The van der Waals surface area contributed by atoms with Crippen molar-refractivity contribution in [2.75, 3.05) is 6.54 Å². The molecule has 1 atom stereocenters. The standard InChI is InChI=1S/C15H18N4O2/c16-12-8-4-5-9-19(15(12)20)10-13-17-14(18-21-13)11-6-2-1-3-7-11/h1-3,6-7,12H,4-5,8-10,16H2/t12-/m0/s1. The summed E-state index contributed by atoms with van der Waals surface area (Å²) in [6.45, 7) is 1.02. The van der Waals surface area contributed by atoms with Crippen molar-refractivity contribution in [3.05, 3.63) is 36.2 Å². The van der Waals surface area contributed by atoms with E-state index in [1.165, 1.54) is 0 Å². The van der Waals surface area contributed by atoms with Crippen molar-refractivity contribution in [1.29, 1.82) is 0 Å². The van der Waals surface area contributed by atoms with Gasteiger partial charge in [0.15, 0.2) is 0 Å². The first-order valence-electron chi connectivity index (χ1n) is 7.16. The normalized spacial score (nSPS) is 19.6. The smallest absolute Gasteiger partial charge is 0.246 e. The van der Waals surface area contributed by atoms with Gasteiger partial charge in [-0.15, -0.1) is 0 Å². The highest BCUT2D eigenvalue weighted by Gasteiger charge is 2.25. The topological polar surface area (TPSA) is 85.2 Å². The molecule has 1 aromatic heterocycles. The van der Waals surface area contributed by atoms with Crippen LogP contribution in [0.5, 0.6) is 0 Å². The summed E-state index contributed by atoms with van der Waals surface area (Å²) in [6, 6.07) is 9.19. The lowest BCUT2D eigenvalue weighted by Gasteiger charge is -2.20. The maximum absolute atomic E-state index is 12.1. The molecule has 21 heavy (non-hydrogen) atoms. The number of nitrogens with two attached hydrogens (primary N) is 1. The molecular weight excluding hydrogens is 268 g/mol. The predicted molar refractivity (Wildman–Crippen MR) is 77.0 cm³/mol. The van der Waals surface area contributed by atoms with E-state index in [0.29, 0.717) is 24.8 Å². The van der Waals surface area contributed by atoms with Crippen molar-refractivity contribution in [2.45, 2.75) is 31.8 Å². The number of carbonyl (C=O) groups is 1. The molecular formula is C15H18N4O2. The fourth-order valence-electron chi connectivity index (χ4n) is 2.48. The molecule has 1 fully saturated rings. The van der Waals surface area contributed by atoms with E-state index in [1.807, 2.05) is 30.3 Å². The Kier molecular flexibility index (Phi) is 3.96. The lowest BCUT2D eigenvalue weighted by Crippen LogP contribution is -2.41. The number of nitrogens with zero attached hydrogens (tertiary/aromatic N) is 3. The van der Waals surface area contributed by atoms with Gasteiger partial charge >= 0.3 is 0 Å². The molecule has 6 heteroatoms. The highest BCUT2D eigenvalue weighted by molar-refractivity contribution is 5.81. The summed E-state index contributed by atoms with van der Waals surface area (Å²) in [6.07, 6.45) is 2.68. The molecule has 0 spiro atoms. The van der Waals surface area contributed by atoms with Gasteiger partial charge in [0.2, 0.25) is 17.6 Å². The summed E-state index contributed by atoms with van der Waals surface area (Å²) in [5.74, 6) is 0.945.